The Morgan fingerprint density at radius 2 is 1.63 bits per heavy atom. The van der Waals surface area contributed by atoms with E-state index in [0.717, 1.165) is 33.6 Å². The molecule has 1 aliphatic rings. The van der Waals surface area contributed by atoms with Crippen molar-refractivity contribution in [1.29, 1.82) is 0 Å². The lowest BCUT2D eigenvalue weighted by Crippen LogP contribution is -2.43. The lowest BCUT2D eigenvalue weighted by Gasteiger charge is -2.24. The van der Waals surface area contributed by atoms with Crippen molar-refractivity contribution in [2.45, 2.75) is 32.7 Å². The van der Waals surface area contributed by atoms with E-state index in [1.54, 1.807) is 20.8 Å². The van der Waals surface area contributed by atoms with E-state index in [1.165, 1.54) is 5.38 Å². The van der Waals surface area contributed by atoms with E-state index in [0.29, 0.717) is 0 Å². The molecule has 2 atom stereocenters. The molecule has 0 fully saturated rings. The Morgan fingerprint density at radius 1 is 1.03 bits per heavy atom. The highest BCUT2D eigenvalue weighted by molar-refractivity contribution is 7.14. The molecule has 1 aliphatic carbocycles. The first-order valence-electron chi connectivity index (χ1n) is 11.4. The number of anilines is 1. The van der Waals surface area contributed by atoms with Gasteiger partial charge in [-0.15, -0.1) is 11.3 Å². The molecule has 0 spiro atoms. The minimum atomic E-state index is -0.969. The molecular weight excluding hydrogens is 466 g/mol. The lowest BCUT2D eigenvalue weighted by atomic mass is 9.89. The number of nitrogens with zero attached hydrogens (tertiary/aromatic N) is 1. The largest absolute Gasteiger partial charge is 0.481 e. The first-order chi connectivity index (χ1) is 16.8. The van der Waals surface area contributed by atoms with Gasteiger partial charge in [-0.2, -0.15) is 0 Å². The maximum atomic E-state index is 12.5. The number of aliphatic carboxylic acids is 1. The summed E-state index contributed by atoms with van der Waals surface area (Å²) in [7, 11) is 0. The van der Waals surface area contributed by atoms with E-state index < -0.39 is 29.9 Å². The van der Waals surface area contributed by atoms with Crippen molar-refractivity contribution in [2.24, 2.45) is 11.8 Å². The minimum Gasteiger partial charge on any atom is -0.481 e. The molecule has 4 rings (SSSR count). The first kappa shape index (κ1) is 24.4. The summed E-state index contributed by atoms with van der Waals surface area (Å²) in [6.45, 7) is 5.40. The van der Waals surface area contributed by atoms with Gasteiger partial charge in [-0.3, -0.25) is 14.9 Å². The smallest absolute Gasteiger partial charge is 0.413 e. The number of fused-ring (bicyclic) bond motifs is 3. The van der Waals surface area contributed by atoms with Crippen molar-refractivity contribution in [3.8, 4) is 11.1 Å². The molecular formula is C26H27N3O5S. The Bertz CT molecular complexity index is 1210. The van der Waals surface area contributed by atoms with Crippen molar-refractivity contribution in [2.75, 3.05) is 11.9 Å². The molecule has 9 heteroatoms. The standard InChI is InChI=1S/C26H27N3O5S/c1-14(2)22(24(31)32)15(3)27-23(30)21-13-35-25(28-21)29-26(33)34-12-20-18-10-6-4-8-16(18)17-9-5-7-11-19(17)20/h4-11,13-15,20,22H,12H2,1-3H3,(H,27,30)(H,31,32)(H,28,29,33). The fourth-order valence-corrected chi connectivity index (χ4v) is 5.28. The number of carboxylic acid groups (broad SMARTS) is 1. The van der Waals surface area contributed by atoms with Crippen molar-refractivity contribution in [3.05, 3.63) is 70.7 Å². The van der Waals surface area contributed by atoms with Gasteiger partial charge in [0.25, 0.3) is 5.91 Å². The summed E-state index contributed by atoms with van der Waals surface area (Å²) < 4.78 is 5.51. The molecule has 2 amide bonds. The second-order valence-electron chi connectivity index (χ2n) is 8.86. The van der Waals surface area contributed by atoms with Crippen LogP contribution in [0.2, 0.25) is 0 Å². The molecule has 35 heavy (non-hydrogen) atoms. The van der Waals surface area contributed by atoms with E-state index >= 15 is 0 Å². The number of hydrogen-bond donors (Lipinski definition) is 3. The summed E-state index contributed by atoms with van der Waals surface area (Å²) in [5, 5.41) is 16.4. The van der Waals surface area contributed by atoms with E-state index in [1.807, 2.05) is 36.4 Å². The molecule has 0 saturated carbocycles. The molecule has 2 aromatic carbocycles. The van der Waals surface area contributed by atoms with Crippen molar-refractivity contribution in [1.82, 2.24) is 10.3 Å². The first-order valence-corrected chi connectivity index (χ1v) is 12.3. The quantitative estimate of drug-likeness (QED) is 0.407. The number of amides is 2. The zero-order valence-corrected chi connectivity index (χ0v) is 20.5. The molecule has 0 saturated heterocycles. The van der Waals surface area contributed by atoms with Gasteiger partial charge in [0.15, 0.2) is 5.13 Å². The third-order valence-corrected chi connectivity index (χ3v) is 6.95. The van der Waals surface area contributed by atoms with Gasteiger partial charge < -0.3 is 15.2 Å². The number of ether oxygens (including phenoxy) is 1. The predicted molar refractivity (Wildman–Crippen MR) is 134 cm³/mol. The molecule has 8 nitrogen and oxygen atoms in total. The van der Waals surface area contributed by atoms with Gasteiger partial charge in [0.05, 0.1) is 5.92 Å². The summed E-state index contributed by atoms with van der Waals surface area (Å²) in [5.41, 5.74) is 4.62. The number of carbonyl (C=O) groups excluding carboxylic acids is 2. The molecule has 3 N–H and O–H groups in total. The molecule has 0 bridgehead atoms. The fraction of sp³-hybridized carbons (Fsp3) is 0.308. The van der Waals surface area contributed by atoms with E-state index in [2.05, 4.69) is 27.8 Å². The maximum absolute atomic E-state index is 12.5. The number of nitrogens with one attached hydrogen (secondary N) is 2. The molecule has 1 aromatic heterocycles. The molecule has 0 aliphatic heterocycles. The monoisotopic (exact) mass is 493 g/mol. The van der Waals surface area contributed by atoms with Gasteiger partial charge in [0.1, 0.15) is 12.3 Å². The topological polar surface area (TPSA) is 118 Å². The fourth-order valence-electron chi connectivity index (χ4n) is 4.60. The highest BCUT2D eigenvalue weighted by Gasteiger charge is 2.30. The van der Waals surface area contributed by atoms with Gasteiger partial charge in [0, 0.05) is 17.3 Å². The van der Waals surface area contributed by atoms with Crippen molar-refractivity contribution >= 4 is 34.4 Å². The number of thiazole rings is 1. The predicted octanol–water partition coefficient (Wildman–Crippen LogP) is 4.98. The molecule has 1 heterocycles. The summed E-state index contributed by atoms with van der Waals surface area (Å²) in [6.07, 6.45) is -0.660. The van der Waals surface area contributed by atoms with Gasteiger partial charge in [-0.1, -0.05) is 62.4 Å². The molecule has 3 aromatic rings. The van der Waals surface area contributed by atoms with Gasteiger partial charge in [0.2, 0.25) is 0 Å². The Kier molecular flexibility index (Phi) is 7.16. The Morgan fingerprint density at radius 3 is 2.20 bits per heavy atom. The van der Waals surface area contributed by atoms with Crippen LogP contribution in [0.4, 0.5) is 9.93 Å². The normalized spacial score (nSPS) is 14.1. The second-order valence-corrected chi connectivity index (χ2v) is 9.72. The van der Waals surface area contributed by atoms with Crippen LogP contribution in [0.25, 0.3) is 11.1 Å². The van der Waals surface area contributed by atoms with Crippen LogP contribution in [0.1, 0.15) is 48.3 Å². The number of carbonyl (C=O) groups is 3. The maximum Gasteiger partial charge on any atom is 0.413 e. The number of aromatic nitrogens is 1. The van der Waals surface area contributed by atoms with Crippen LogP contribution in [-0.2, 0) is 9.53 Å². The Hall–Kier alpha value is -3.72. The zero-order valence-electron chi connectivity index (χ0n) is 19.6. The summed E-state index contributed by atoms with van der Waals surface area (Å²) in [4.78, 5) is 40.6. The van der Waals surface area contributed by atoms with Crippen LogP contribution in [0.3, 0.4) is 0 Å². The third-order valence-electron chi connectivity index (χ3n) is 6.19. The number of carboxylic acids is 1. The van der Waals surface area contributed by atoms with Gasteiger partial charge in [-0.05, 0) is 35.1 Å². The summed E-state index contributed by atoms with van der Waals surface area (Å²) in [5.74, 6) is -2.40. The highest BCUT2D eigenvalue weighted by Crippen LogP contribution is 2.44. The molecule has 2 unspecified atom stereocenters. The van der Waals surface area contributed by atoms with Crippen LogP contribution in [0.15, 0.2) is 53.9 Å². The Labute approximate surface area is 207 Å². The van der Waals surface area contributed by atoms with E-state index in [-0.39, 0.29) is 29.3 Å². The van der Waals surface area contributed by atoms with Crippen LogP contribution in [0.5, 0.6) is 0 Å². The van der Waals surface area contributed by atoms with Crippen molar-refractivity contribution in [3.63, 3.8) is 0 Å². The second kappa shape index (κ2) is 10.3. The number of rotatable bonds is 8. The average Bonchev–Trinajstić information content (AvgIpc) is 3.40. The molecule has 0 radical (unpaired) electrons. The van der Waals surface area contributed by atoms with Gasteiger partial charge >= 0.3 is 12.1 Å². The van der Waals surface area contributed by atoms with E-state index in [9.17, 15) is 19.5 Å². The SMILES string of the molecule is CC(C)C(C(=O)O)C(C)NC(=O)c1csc(NC(=O)OCC2c3ccccc3-c3ccccc32)n1. The molecule has 182 valence electrons. The van der Waals surface area contributed by atoms with Crippen LogP contribution in [-0.4, -0.2) is 40.7 Å². The summed E-state index contributed by atoms with van der Waals surface area (Å²) in [6, 6.07) is 15.6. The lowest BCUT2D eigenvalue weighted by molar-refractivity contribution is -0.144. The zero-order chi connectivity index (χ0) is 25.1. The number of benzene rings is 2. The average molecular weight is 494 g/mol. The number of hydrogen-bond acceptors (Lipinski definition) is 6. The van der Waals surface area contributed by atoms with Crippen LogP contribution in [0, 0.1) is 11.8 Å². The Balaban J connectivity index is 1.35. The third kappa shape index (κ3) is 5.19. The van der Waals surface area contributed by atoms with Crippen LogP contribution < -0.4 is 10.6 Å². The van der Waals surface area contributed by atoms with Gasteiger partial charge in [-0.25, -0.2) is 9.78 Å². The van der Waals surface area contributed by atoms with Crippen molar-refractivity contribution < 1.29 is 24.2 Å². The van der Waals surface area contributed by atoms with Crippen LogP contribution >= 0.6 is 11.3 Å². The summed E-state index contributed by atoms with van der Waals surface area (Å²) >= 11 is 1.09. The highest BCUT2D eigenvalue weighted by atomic mass is 32.1. The minimum absolute atomic E-state index is 0.0598. The van der Waals surface area contributed by atoms with E-state index in [4.69, 9.17) is 4.74 Å².